The summed E-state index contributed by atoms with van der Waals surface area (Å²) >= 11 is 10.1. The fraction of sp³-hybridized carbons (Fsp3) is 0.333. The first-order valence-electron chi connectivity index (χ1n) is 7.44. The highest BCUT2D eigenvalue weighted by Crippen LogP contribution is 2.30. The largest absolute Gasteiger partial charge is 0.469 e. The van der Waals surface area contributed by atoms with Crippen LogP contribution in [-0.2, 0) is 25.7 Å². The third-order valence-electron chi connectivity index (χ3n) is 3.72. The van der Waals surface area contributed by atoms with Gasteiger partial charge in [-0.05, 0) is 72.7 Å². The van der Waals surface area contributed by atoms with E-state index in [1.165, 1.54) is 26.4 Å². The highest BCUT2D eigenvalue weighted by molar-refractivity contribution is 7.10. The average molecular weight is 351 g/mol. The van der Waals surface area contributed by atoms with Crippen molar-refractivity contribution in [3.05, 3.63) is 66.4 Å². The summed E-state index contributed by atoms with van der Waals surface area (Å²) in [6, 6.07) is 4.37. The third-order valence-corrected chi connectivity index (χ3v) is 6.31. The zero-order valence-electron chi connectivity index (χ0n) is 12.8. The molecule has 0 aliphatic rings. The molecule has 1 nitrogen and oxygen atoms in total. The van der Waals surface area contributed by atoms with Crippen LogP contribution in [0.5, 0.6) is 0 Å². The van der Waals surface area contributed by atoms with Gasteiger partial charge in [0.05, 0.1) is 11.3 Å². The molecule has 3 heterocycles. The topological polar surface area (TPSA) is 13.1 Å². The summed E-state index contributed by atoms with van der Waals surface area (Å²) in [5.41, 5.74) is 3.87. The summed E-state index contributed by atoms with van der Waals surface area (Å²) in [5, 5.41) is 5.42. The van der Waals surface area contributed by atoms with E-state index >= 15 is 0 Å². The van der Waals surface area contributed by atoms with Gasteiger partial charge in [-0.25, -0.2) is 0 Å². The number of rotatable bonds is 6. The summed E-state index contributed by atoms with van der Waals surface area (Å²) < 4.78 is 5.50. The van der Waals surface area contributed by atoms with Crippen molar-refractivity contribution < 1.29 is 4.42 Å². The van der Waals surface area contributed by atoms with Crippen LogP contribution in [-0.4, -0.2) is 0 Å². The van der Waals surface area contributed by atoms with Crippen LogP contribution in [0.25, 0.3) is 0 Å². The first kappa shape index (κ1) is 15.9. The monoisotopic (exact) mass is 350 g/mol. The molecule has 0 fully saturated rings. The minimum Gasteiger partial charge on any atom is -0.469 e. The van der Waals surface area contributed by atoms with Gasteiger partial charge in [0.2, 0.25) is 0 Å². The smallest absolute Gasteiger partial charge is 0.104 e. The SMILES string of the molecule is Cc1coc(CCc2scc(CCc3csc(C)c3)c2Cl)c1. The molecular formula is C18H19ClOS2. The summed E-state index contributed by atoms with van der Waals surface area (Å²) in [4.78, 5) is 2.65. The summed E-state index contributed by atoms with van der Waals surface area (Å²) in [6.45, 7) is 4.20. The van der Waals surface area contributed by atoms with Crippen LogP contribution < -0.4 is 0 Å². The predicted octanol–water partition coefficient (Wildman–Crippen LogP) is 6.24. The highest BCUT2D eigenvalue weighted by Gasteiger charge is 2.11. The summed E-state index contributed by atoms with van der Waals surface area (Å²) in [7, 11) is 0. The Balaban J connectivity index is 1.59. The van der Waals surface area contributed by atoms with E-state index in [9.17, 15) is 0 Å². The molecule has 4 heteroatoms. The molecule has 0 unspecified atom stereocenters. The van der Waals surface area contributed by atoms with Crippen molar-refractivity contribution in [1.29, 1.82) is 0 Å². The number of hydrogen-bond acceptors (Lipinski definition) is 3. The molecule has 0 aliphatic carbocycles. The maximum Gasteiger partial charge on any atom is 0.104 e. The highest BCUT2D eigenvalue weighted by atomic mass is 35.5. The zero-order chi connectivity index (χ0) is 15.5. The van der Waals surface area contributed by atoms with Crippen LogP contribution in [0.4, 0.5) is 0 Å². The van der Waals surface area contributed by atoms with E-state index in [0.717, 1.165) is 36.5 Å². The third kappa shape index (κ3) is 3.83. The summed E-state index contributed by atoms with van der Waals surface area (Å²) in [6.07, 6.45) is 5.76. The quantitative estimate of drug-likeness (QED) is 0.512. The van der Waals surface area contributed by atoms with Crippen LogP contribution in [0.1, 0.15) is 32.2 Å². The fourth-order valence-electron chi connectivity index (χ4n) is 2.53. The fourth-order valence-corrected chi connectivity index (χ4v) is 4.69. The Morgan fingerprint density at radius 1 is 1.00 bits per heavy atom. The predicted molar refractivity (Wildman–Crippen MR) is 96.6 cm³/mol. The molecule has 0 aromatic carbocycles. The molecule has 0 radical (unpaired) electrons. The molecule has 0 amide bonds. The molecule has 0 atom stereocenters. The lowest BCUT2D eigenvalue weighted by molar-refractivity contribution is 0.508. The lowest BCUT2D eigenvalue weighted by Gasteiger charge is -2.00. The second-order valence-electron chi connectivity index (χ2n) is 5.65. The number of hydrogen-bond donors (Lipinski definition) is 0. The van der Waals surface area contributed by atoms with Gasteiger partial charge in [0.25, 0.3) is 0 Å². The molecule has 116 valence electrons. The second kappa shape index (κ2) is 7.03. The normalized spacial score (nSPS) is 11.2. The van der Waals surface area contributed by atoms with Gasteiger partial charge in [0, 0.05) is 16.2 Å². The number of furan rings is 1. The van der Waals surface area contributed by atoms with E-state index in [4.69, 9.17) is 16.0 Å². The molecule has 0 aliphatic heterocycles. The van der Waals surface area contributed by atoms with E-state index in [1.807, 2.05) is 11.3 Å². The molecule has 0 saturated carbocycles. The molecule has 0 spiro atoms. The van der Waals surface area contributed by atoms with Crippen molar-refractivity contribution in [3.8, 4) is 0 Å². The Hall–Kier alpha value is -1.03. The Morgan fingerprint density at radius 2 is 1.86 bits per heavy atom. The van der Waals surface area contributed by atoms with Crippen LogP contribution >= 0.6 is 34.3 Å². The van der Waals surface area contributed by atoms with Gasteiger partial charge in [-0.3, -0.25) is 0 Å². The van der Waals surface area contributed by atoms with Crippen LogP contribution in [0.15, 0.2) is 33.6 Å². The van der Waals surface area contributed by atoms with Gasteiger partial charge in [0.15, 0.2) is 0 Å². The maximum atomic E-state index is 6.55. The Bertz CT molecular complexity index is 689. The molecule has 0 saturated heterocycles. The van der Waals surface area contributed by atoms with Crippen molar-refractivity contribution in [1.82, 2.24) is 0 Å². The molecule has 0 bridgehead atoms. The summed E-state index contributed by atoms with van der Waals surface area (Å²) in [5.74, 6) is 1.04. The van der Waals surface area contributed by atoms with Crippen LogP contribution in [0.2, 0.25) is 5.02 Å². The minimum absolute atomic E-state index is 0.914. The van der Waals surface area contributed by atoms with Gasteiger partial charge < -0.3 is 4.42 Å². The second-order valence-corrected chi connectivity index (χ2v) is 8.11. The minimum atomic E-state index is 0.914. The van der Waals surface area contributed by atoms with E-state index in [1.54, 1.807) is 17.6 Å². The number of thiophene rings is 2. The van der Waals surface area contributed by atoms with Crippen LogP contribution in [0.3, 0.4) is 0 Å². The average Bonchev–Trinajstić information content (AvgIpc) is 3.17. The lowest BCUT2D eigenvalue weighted by atomic mass is 10.1. The zero-order valence-corrected chi connectivity index (χ0v) is 15.2. The van der Waals surface area contributed by atoms with Gasteiger partial charge >= 0.3 is 0 Å². The Labute approximate surface area is 144 Å². The van der Waals surface area contributed by atoms with Crippen molar-refractivity contribution >= 4 is 34.3 Å². The van der Waals surface area contributed by atoms with Crippen molar-refractivity contribution in [2.75, 3.05) is 0 Å². The molecule has 3 aromatic rings. The molecule has 22 heavy (non-hydrogen) atoms. The number of halogens is 1. The van der Waals surface area contributed by atoms with E-state index in [-0.39, 0.29) is 0 Å². The van der Waals surface area contributed by atoms with Crippen LogP contribution in [0, 0.1) is 13.8 Å². The van der Waals surface area contributed by atoms with Crippen molar-refractivity contribution in [3.63, 3.8) is 0 Å². The van der Waals surface area contributed by atoms with Crippen molar-refractivity contribution in [2.24, 2.45) is 0 Å². The Morgan fingerprint density at radius 3 is 2.55 bits per heavy atom. The standard InChI is InChI=1S/C18H19ClOS2/c1-12-7-16(20-9-12)5-6-17-18(19)15(11-22-17)4-3-14-8-13(2)21-10-14/h7-11H,3-6H2,1-2H3. The van der Waals surface area contributed by atoms with Gasteiger partial charge in [-0.1, -0.05) is 11.6 Å². The molecular weight excluding hydrogens is 332 g/mol. The lowest BCUT2D eigenvalue weighted by Crippen LogP contribution is -1.91. The van der Waals surface area contributed by atoms with E-state index in [0.29, 0.717) is 0 Å². The van der Waals surface area contributed by atoms with Gasteiger partial charge in [-0.2, -0.15) is 0 Å². The van der Waals surface area contributed by atoms with Gasteiger partial charge in [0.1, 0.15) is 5.76 Å². The first-order valence-corrected chi connectivity index (χ1v) is 9.58. The molecule has 0 N–H and O–H groups in total. The maximum absolute atomic E-state index is 6.55. The van der Waals surface area contributed by atoms with Crippen molar-refractivity contribution in [2.45, 2.75) is 39.5 Å². The van der Waals surface area contributed by atoms with Gasteiger partial charge in [-0.15, -0.1) is 22.7 Å². The molecule has 3 aromatic heterocycles. The number of aryl methyl sites for hydroxylation is 6. The Kier molecular flexibility index (Phi) is 5.07. The first-order chi connectivity index (χ1) is 10.6. The molecule has 3 rings (SSSR count). The van der Waals surface area contributed by atoms with E-state index < -0.39 is 0 Å². The van der Waals surface area contributed by atoms with E-state index in [2.05, 4.69) is 36.7 Å².